The molecule has 0 saturated heterocycles. The Bertz CT molecular complexity index is 1330. The predicted octanol–water partition coefficient (Wildman–Crippen LogP) is 4.67. The van der Waals surface area contributed by atoms with E-state index < -0.39 is 84.2 Å². The molecule has 0 bridgehead atoms. The molecule has 0 radical (unpaired) electrons. The molecule has 0 atom stereocenters. The second-order valence-corrected chi connectivity index (χ2v) is 4.28. The smallest absolute Gasteiger partial charge is 0.0645 e. The molecule has 0 fully saturated rings. The van der Waals surface area contributed by atoms with Crippen molar-refractivity contribution in [1.82, 2.24) is 0 Å². The zero-order chi connectivity index (χ0) is 25.8. The highest BCUT2D eigenvalue weighted by Crippen LogP contribution is 2.33. The highest BCUT2D eigenvalue weighted by atomic mass is 15.1. The SMILES string of the molecule is [2H]c1c([2H])c([2H])c(N2C([2H])([2H])c3c([2H])c([2H])c([2H])c4c([2H])c(C)c([2H])c(c34)C2([2H])[2H])c([2H])c1[2H]. The molecule has 1 heterocycles. The molecule has 1 nitrogen and oxygen atoms in total. The van der Waals surface area contributed by atoms with Gasteiger partial charge in [0.1, 0.15) is 0 Å². The van der Waals surface area contributed by atoms with Gasteiger partial charge < -0.3 is 4.90 Å². The van der Waals surface area contributed by atoms with Crippen LogP contribution in [0.2, 0.25) is 0 Å². The zero-order valence-corrected chi connectivity index (χ0v) is 10.4. The molecule has 1 heteroatoms. The van der Waals surface area contributed by atoms with Crippen LogP contribution in [0.5, 0.6) is 0 Å². The first-order chi connectivity index (χ1) is 15.5. The Labute approximate surface area is 139 Å². The molecular weight excluding hydrogens is 242 g/mol. The van der Waals surface area contributed by atoms with Gasteiger partial charge in [0, 0.05) is 18.7 Å². The monoisotopic (exact) mass is 273 g/mol. The Morgan fingerprint density at radius 2 is 1.75 bits per heavy atom. The van der Waals surface area contributed by atoms with Crippen LogP contribution in [0.25, 0.3) is 10.8 Å². The van der Waals surface area contributed by atoms with Crippen LogP contribution >= 0.6 is 0 Å². The number of hydrogen-bond donors (Lipinski definition) is 0. The van der Waals surface area contributed by atoms with E-state index in [1.807, 2.05) is 0 Å². The van der Waals surface area contributed by atoms with E-state index in [-0.39, 0.29) is 22.4 Å². The zero-order valence-electron chi connectivity index (χ0n) is 24.4. The van der Waals surface area contributed by atoms with Crippen LogP contribution in [0, 0.1) is 6.92 Å². The Morgan fingerprint density at radius 3 is 2.60 bits per heavy atom. The second kappa shape index (κ2) is 4.38. The molecule has 0 N–H and O–H groups in total. The van der Waals surface area contributed by atoms with Gasteiger partial charge in [-0.25, -0.2) is 0 Å². The van der Waals surface area contributed by atoms with Crippen molar-refractivity contribution < 1.29 is 19.2 Å². The first-order valence-electron chi connectivity index (χ1n) is 12.9. The predicted molar refractivity (Wildman–Crippen MR) is 85.0 cm³/mol. The van der Waals surface area contributed by atoms with Gasteiger partial charge in [-0.1, -0.05) is 53.9 Å². The fourth-order valence-corrected chi connectivity index (χ4v) is 2.11. The van der Waals surface area contributed by atoms with Crippen LogP contribution in [-0.2, 0) is 13.0 Å². The highest BCUT2D eigenvalue weighted by molar-refractivity contribution is 5.91. The van der Waals surface area contributed by atoms with Gasteiger partial charge >= 0.3 is 0 Å². The number of para-hydroxylation sites is 1. The number of nitrogens with zero attached hydrogens (tertiary/aromatic N) is 1. The van der Waals surface area contributed by atoms with Crippen LogP contribution in [0.1, 0.15) is 35.9 Å². The molecule has 0 saturated carbocycles. The number of benzene rings is 3. The minimum Gasteiger partial charge on any atom is -0.363 e. The lowest BCUT2D eigenvalue weighted by atomic mass is 9.93. The van der Waals surface area contributed by atoms with Crippen LogP contribution in [0.3, 0.4) is 0 Å². The Morgan fingerprint density at radius 1 is 0.950 bits per heavy atom. The summed E-state index contributed by atoms with van der Waals surface area (Å²) in [6.45, 7) is -4.72. The molecule has 3 aromatic rings. The maximum absolute atomic E-state index is 8.85. The van der Waals surface area contributed by atoms with Crippen molar-refractivity contribution in [3.63, 3.8) is 0 Å². The van der Waals surface area contributed by atoms with Crippen molar-refractivity contribution in [3.05, 3.63) is 77.1 Å². The molecule has 20 heavy (non-hydrogen) atoms. The lowest BCUT2D eigenvalue weighted by Crippen LogP contribution is -2.26. The van der Waals surface area contributed by atoms with E-state index in [1.165, 1.54) is 6.92 Å². The first-order valence-corrected chi connectivity index (χ1v) is 5.92. The van der Waals surface area contributed by atoms with Crippen LogP contribution < -0.4 is 4.90 Å². The van der Waals surface area contributed by atoms with Gasteiger partial charge in [0.25, 0.3) is 0 Å². The average Bonchev–Trinajstić information content (AvgIpc) is 2.74. The van der Waals surface area contributed by atoms with Crippen molar-refractivity contribution in [2.24, 2.45) is 0 Å². The van der Waals surface area contributed by atoms with Crippen molar-refractivity contribution in [3.8, 4) is 0 Å². The van der Waals surface area contributed by atoms with Crippen molar-refractivity contribution >= 4 is 16.5 Å². The summed E-state index contributed by atoms with van der Waals surface area (Å²) in [5, 5.41) is -0.641. The fraction of sp³-hybridized carbons (Fsp3) is 0.158. The summed E-state index contributed by atoms with van der Waals surface area (Å²) < 4.78 is 117. The molecule has 0 amide bonds. The van der Waals surface area contributed by atoms with E-state index in [2.05, 4.69) is 0 Å². The molecule has 3 aromatic carbocycles. The van der Waals surface area contributed by atoms with E-state index in [1.54, 1.807) is 0 Å². The van der Waals surface area contributed by atoms with Gasteiger partial charge in [0.05, 0.1) is 19.2 Å². The molecule has 0 spiro atoms. The fourth-order valence-electron chi connectivity index (χ4n) is 2.11. The molecule has 4 rings (SSSR count). The third-order valence-corrected chi connectivity index (χ3v) is 2.91. The van der Waals surface area contributed by atoms with Crippen LogP contribution in [0.4, 0.5) is 5.69 Å². The van der Waals surface area contributed by atoms with Gasteiger partial charge in [-0.2, -0.15) is 0 Å². The lowest BCUT2D eigenvalue weighted by molar-refractivity contribution is 0.788. The molecular formula is C19H17N. The van der Waals surface area contributed by atoms with E-state index in [4.69, 9.17) is 19.2 Å². The topological polar surface area (TPSA) is 3.24 Å². The van der Waals surface area contributed by atoms with Gasteiger partial charge in [0.2, 0.25) is 0 Å². The lowest BCUT2D eigenvalue weighted by Gasteiger charge is -2.31. The maximum atomic E-state index is 8.85. The van der Waals surface area contributed by atoms with Crippen LogP contribution in [0.15, 0.2) is 60.4 Å². The van der Waals surface area contributed by atoms with Crippen molar-refractivity contribution in [1.29, 1.82) is 0 Å². The Hall–Kier alpha value is -2.28. The number of anilines is 1. The molecule has 98 valence electrons. The molecule has 1 aliphatic heterocycles. The molecule has 0 unspecified atom stereocenters. The molecule has 1 aliphatic rings. The minimum atomic E-state index is -3.06. The molecule has 0 aliphatic carbocycles. The largest absolute Gasteiger partial charge is 0.363 e. The van der Waals surface area contributed by atoms with Crippen molar-refractivity contribution in [2.45, 2.75) is 19.9 Å². The summed E-state index contributed by atoms with van der Waals surface area (Å²) in [7, 11) is 0. The van der Waals surface area contributed by atoms with Gasteiger partial charge in [-0.3, -0.25) is 0 Å². The first kappa shape index (κ1) is 4.11. The normalized spacial score (nSPS) is 28.8. The van der Waals surface area contributed by atoms with Gasteiger partial charge in [0.15, 0.2) is 0 Å². The summed E-state index contributed by atoms with van der Waals surface area (Å²) in [5.74, 6) is 0. The average molecular weight is 273 g/mol. The summed E-state index contributed by atoms with van der Waals surface area (Å²) >= 11 is 0. The number of hydrogen-bond acceptors (Lipinski definition) is 1. The van der Waals surface area contributed by atoms with E-state index >= 15 is 0 Å². The Balaban J connectivity index is 2.31. The standard InChI is InChI=1S/C19H17N/c1-14-10-15-6-5-7-16-12-20(13-17(11-14)19(15)16)18-8-3-2-4-9-18/h2-11H,12-13H2,1H3/i2D,3D,4D,5D,6D,7D,8D,9D,10D,11D,12D2,13D2. The summed E-state index contributed by atoms with van der Waals surface area (Å²) in [6, 6.07) is -7.12. The van der Waals surface area contributed by atoms with Crippen molar-refractivity contribution in [2.75, 3.05) is 4.90 Å². The van der Waals surface area contributed by atoms with Gasteiger partial charge in [-0.05, 0) is 40.9 Å². The van der Waals surface area contributed by atoms with E-state index in [9.17, 15) is 0 Å². The summed E-state index contributed by atoms with van der Waals surface area (Å²) in [4.78, 5) is 0.305. The summed E-state index contributed by atoms with van der Waals surface area (Å²) in [6.07, 6.45) is 0. The third-order valence-electron chi connectivity index (χ3n) is 2.91. The number of rotatable bonds is 1. The maximum Gasteiger partial charge on any atom is 0.0645 e. The van der Waals surface area contributed by atoms with E-state index in [0.717, 1.165) is 0 Å². The highest BCUT2D eigenvalue weighted by Gasteiger charge is 2.18. The second-order valence-electron chi connectivity index (χ2n) is 4.28. The minimum absolute atomic E-state index is 0.0496. The quantitative estimate of drug-likeness (QED) is 0.623. The third kappa shape index (κ3) is 1.78. The Kier molecular flexibility index (Phi) is 0.900. The summed E-state index contributed by atoms with van der Waals surface area (Å²) in [5.41, 5.74) is -1.98. The molecule has 0 aromatic heterocycles. The van der Waals surface area contributed by atoms with Gasteiger partial charge in [-0.15, -0.1) is 0 Å². The van der Waals surface area contributed by atoms with E-state index in [0.29, 0.717) is 4.90 Å². The van der Waals surface area contributed by atoms with Crippen LogP contribution in [-0.4, -0.2) is 0 Å².